The van der Waals surface area contributed by atoms with Crippen LogP contribution in [-0.4, -0.2) is 66.5 Å². The van der Waals surface area contributed by atoms with Gasteiger partial charge in [-0.15, -0.1) is 0 Å². The molecule has 0 saturated heterocycles. The Balaban J connectivity index is 4.60. The molecule has 0 heterocycles. The van der Waals surface area contributed by atoms with Crippen molar-refractivity contribution in [1.82, 2.24) is 0 Å². The van der Waals surface area contributed by atoms with Crippen molar-refractivity contribution in [3.8, 4) is 0 Å². The van der Waals surface area contributed by atoms with E-state index < -0.39 is 57.8 Å². The molecule has 11 nitrogen and oxygen atoms in total. The molecule has 78 heavy (non-hydrogen) atoms. The van der Waals surface area contributed by atoms with Gasteiger partial charge in [0.15, 0.2) is 6.10 Å². The minimum atomic E-state index is -4.74. The van der Waals surface area contributed by atoms with Crippen molar-refractivity contribution in [1.29, 1.82) is 0 Å². The summed E-state index contributed by atoms with van der Waals surface area (Å²) in [6.07, 6.45) is 61.9. The van der Waals surface area contributed by atoms with Gasteiger partial charge in [-0.25, -0.2) is 4.57 Å². The Morgan fingerprint density at radius 1 is 0.308 bits per heavy atom. The van der Waals surface area contributed by atoms with Crippen LogP contribution in [0.25, 0.3) is 0 Å². The number of ether oxygens (including phenoxy) is 3. The fourth-order valence-electron chi connectivity index (χ4n) is 10.4. The molecule has 0 saturated carbocycles. The van der Waals surface area contributed by atoms with Gasteiger partial charge in [0.05, 0.1) is 19.8 Å². The first-order valence-electron chi connectivity index (χ1n) is 33.9. The molecular weight excluding hydrogens is 1000 g/mol. The summed E-state index contributed by atoms with van der Waals surface area (Å²) in [6.45, 7) is 4.77. The highest BCUT2D eigenvalue weighted by Gasteiger charge is 2.28. The molecule has 464 valence electrons. The molecule has 0 aliphatic carbocycles. The molecule has 0 spiro atoms. The van der Waals surface area contributed by atoms with E-state index in [2.05, 4.69) is 20.8 Å². The summed E-state index contributed by atoms with van der Waals surface area (Å²) in [7, 11) is -4.74. The van der Waals surface area contributed by atoms with Gasteiger partial charge in [-0.2, -0.15) is 0 Å². The fourth-order valence-corrected chi connectivity index (χ4v) is 11.1. The third-order valence-corrected chi connectivity index (χ3v) is 16.5. The third-order valence-electron chi connectivity index (χ3n) is 15.5. The molecular formula is C66H129O11P. The van der Waals surface area contributed by atoms with Gasteiger partial charge in [0.25, 0.3) is 0 Å². The van der Waals surface area contributed by atoms with Crippen molar-refractivity contribution in [3.05, 3.63) is 0 Å². The second kappa shape index (κ2) is 61.5. The highest BCUT2D eigenvalue weighted by atomic mass is 31.2. The van der Waals surface area contributed by atoms with E-state index in [1.807, 2.05) is 0 Å². The molecule has 3 atom stereocenters. The van der Waals surface area contributed by atoms with Crippen LogP contribution in [0.2, 0.25) is 0 Å². The number of rotatable bonds is 65. The predicted octanol–water partition coefficient (Wildman–Crippen LogP) is 20.6. The lowest BCUT2D eigenvalue weighted by Crippen LogP contribution is -2.30. The van der Waals surface area contributed by atoms with Crippen molar-refractivity contribution < 1.29 is 52.2 Å². The molecule has 0 amide bonds. The highest BCUT2D eigenvalue weighted by molar-refractivity contribution is 7.47. The zero-order chi connectivity index (χ0) is 56.9. The molecule has 0 aromatic rings. The molecule has 0 aromatic heterocycles. The number of hydrogen-bond donors (Lipinski definition) is 2. The smallest absolute Gasteiger partial charge is 0.462 e. The molecule has 0 aliphatic rings. The number of carbonyl (C=O) groups excluding carboxylic acids is 3. The molecule has 0 bridgehead atoms. The van der Waals surface area contributed by atoms with Gasteiger partial charge < -0.3 is 24.2 Å². The van der Waals surface area contributed by atoms with E-state index in [0.29, 0.717) is 19.3 Å². The number of carbonyl (C=O) groups is 3. The maximum Gasteiger partial charge on any atom is 0.472 e. The maximum atomic E-state index is 13.0. The van der Waals surface area contributed by atoms with Crippen LogP contribution < -0.4 is 0 Å². The second-order valence-corrected chi connectivity index (χ2v) is 24.8. The average molecular weight is 1130 g/mol. The first kappa shape index (κ1) is 76.5. The monoisotopic (exact) mass is 1130 g/mol. The van der Waals surface area contributed by atoms with Gasteiger partial charge in [0.1, 0.15) is 12.7 Å². The molecule has 3 unspecified atom stereocenters. The summed E-state index contributed by atoms with van der Waals surface area (Å²) in [6, 6.07) is 0. The third kappa shape index (κ3) is 59.1. The van der Waals surface area contributed by atoms with Crippen molar-refractivity contribution in [3.63, 3.8) is 0 Å². The van der Waals surface area contributed by atoms with Crippen LogP contribution in [0.1, 0.15) is 367 Å². The van der Waals surface area contributed by atoms with E-state index in [0.717, 1.165) is 57.8 Å². The van der Waals surface area contributed by atoms with Gasteiger partial charge in [-0.3, -0.25) is 23.4 Å². The summed E-state index contributed by atoms with van der Waals surface area (Å²) < 4.78 is 39.8. The predicted molar refractivity (Wildman–Crippen MR) is 326 cm³/mol. The van der Waals surface area contributed by atoms with Crippen LogP contribution in [0.15, 0.2) is 0 Å². The minimum absolute atomic E-state index is 0.179. The van der Waals surface area contributed by atoms with Gasteiger partial charge in [-0.1, -0.05) is 329 Å². The molecule has 2 N–H and O–H groups in total. The van der Waals surface area contributed by atoms with Crippen LogP contribution in [0.4, 0.5) is 0 Å². The Labute approximate surface area is 482 Å². The molecule has 0 aliphatic heterocycles. The summed E-state index contributed by atoms with van der Waals surface area (Å²) in [5.74, 6) is -1.42. The summed E-state index contributed by atoms with van der Waals surface area (Å²) in [5.41, 5.74) is 0. The standard InChI is InChI=1S/C66H129O11P/c1-4-7-10-13-16-19-22-25-28-31-34-37-40-43-46-49-52-55-64(68)73-59-63(77-66(70)57-54-51-48-45-42-39-36-33-30-27-24-21-18-15-12-9-6-3)61-75-78(71,72)74-60-62(58-67)76-65(69)56-53-50-47-44-41-38-35-32-29-26-23-20-17-14-11-8-5-2/h62-63,67H,4-61H2,1-3H3,(H,71,72). The van der Waals surface area contributed by atoms with Crippen molar-refractivity contribution in [2.24, 2.45) is 0 Å². The molecule has 0 fully saturated rings. The van der Waals surface area contributed by atoms with Gasteiger partial charge in [0.2, 0.25) is 0 Å². The van der Waals surface area contributed by atoms with Crippen molar-refractivity contribution >= 4 is 25.7 Å². The molecule has 0 rings (SSSR count). The van der Waals surface area contributed by atoms with Crippen LogP contribution >= 0.6 is 7.82 Å². The topological polar surface area (TPSA) is 155 Å². The highest BCUT2D eigenvalue weighted by Crippen LogP contribution is 2.43. The van der Waals surface area contributed by atoms with Crippen LogP contribution in [0.5, 0.6) is 0 Å². The summed E-state index contributed by atoms with van der Waals surface area (Å²) in [5, 5.41) is 9.86. The lowest BCUT2D eigenvalue weighted by molar-refractivity contribution is -0.161. The summed E-state index contributed by atoms with van der Waals surface area (Å²) in [4.78, 5) is 48.8. The second-order valence-electron chi connectivity index (χ2n) is 23.4. The largest absolute Gasteiger partial charge is 0.472 e. The number of unbranched alkanes of at least 4 members (excludes halogenated alkanes) is 48. The SMILES string of the molecule is CCCCCCCCCCCCCCCCCCCC(=O)OCC(COP(=O)(O)OCC(CO)OC(=O)CCCCCCCCCCCCCCCCCCC)OC(=O)CCCCCCCCCCCCCCCCCCC. The zero-order valence-electron chi connectivity index (χ0n) is 51.7. The quantitative estimate of drug-likeness (QED) is 0.0259. The number of phosphoric ester groups is 1. The van der Waals surface area contributed by atoms with E-state index >= 15 is 0 Å². The summed E-state index contributed by atoms with van der Waals surface area (Å²) >= 11 is 0. The van der Waals surface area contributed by atoms with Crippen molar-refractivity contribution in [2.45, 2.75) is 380 Å². The van der Waals surface area contributed by atoms with E-state index in [1.165, 1.54) is 250 Å². The Morgan fingerprint density at radius 3 is 0.756 bits per heavy atom. The molecule has 12 heteroatoms. The Morgan fingerprint density at radius 2 is 0.513 bits per heavy atom. The number of hydrogen-bond acceptors (Lipinski definition) is 10. The molecule has 0 radical (unpaired) electrons. The Kier molecular flexibility index (Phi) is 60.3. The van der Waals surface area contributed by atoms with E-state index in [-0.39, 0.29) is 25.9 Å². The van der Waals surface area contributed by atoms with Crippen molar-refractivity contribution in [2.75, 3.05) is 26.4 Å². The van der Waals surface area contributed by atoms with Crippen LogP contribution in [-0.2, 0) is 42.2 Å². The van der Waals surface area contributed by atoms with Gasteiger partial charge in [-0.05, 0) is 19.3 Å². The Bertz CT molecular complexity index is 1320. The van der Waals surface area contributed by atoms with Crippen LogP contribution in [0, 0.1) is 0 Å². The van der Waals surface area contributed by atoms with Gasteiger partial charge >= 0.3 is 25.7 Å². The van der Waals surface area contributed by atoms with E-state index in [9.17, 15) is 28.9 Å². The lowest BCUT2D eigenvalue weighted by Gasteiger charge is -2.21. The number of aliphatic hydroxyl groups excluding tert-OH is 1. The zero-order valence-corrected chi connectivity index (χ0v) is 52.6. The van der Waals surface area contributed by atoms with E-state index in [1.54, 1.807) is 0 Å². The normalized spacial score (nSPS) is 13.1. The lowest BCUT2D eigenvalue weighted by atomic mass is 10.0. The Hall–Kier alpha value is -1.52. The van der Waals surface area contributed by atoms with E-state index in [4.69, 9.17) is 23.3 Å². The van der Waals surface area contributed by atoms with Crippen LogP contribution in [0.3, 0.4) is 0 Å². The number of phosphoric acid groups is 1. The number of esters is 3. The molecule has 0 aromatic carbocycles. The number of aliphatic hydroxyl groups is 1. The minimum Gasteiger partial charge on any atom is -0.462 e. The maximum absolute atomic E-state index is 13.0. The average Bonchev–Trinajstić information content (AvgIpc) is 3.43. The van der Waals surface area contributed by atoms with Gasteiger partial charge in [0, 0.05) is 19.3 Å². The fraction of sp³-hybridized carbons (Fsp3) is 0.955. The first-order valence-corrected chi connectivity index (χ1v) is 35.4. The first-order chi connectivity index (χ1) is 38.2.